The van der Waals surface area contributed by atoms with E-state index in [0.717, 1.165) is 11.1 Å². The van der Waals surface area contributed by atoms with Crippen molar-refractivity contribution in [3.63, 3.8) is 0 Å². The second kappa shape index (κ2) is 4.19. The molecule has 0 fully saturated rings. The molecule has 1 aromatic carbocycles. The van der Waals surface area contributed by atoms with Crippen LogP contribution in [-0.2, 0) is 0 Å². The van der Waals surface area contributed by atoms with E-state index in [1.54, 1.807) is 25.4 Å². The summed E-state index contributed by atoms with van der Waals surface area (Å²) in [7, 11) is 0. The number of hydrogen-bond donors (Lipinski definition) is 1. The van der Waals surface area contributed by atoms with E-state index in [0.29, 0.717) is 5.82 Å². The van der Waals surface area contributed by atoms with Gasteiger partial charge in [0.1, 0.15) is 0 Å². The highest BCUT2D eigenvalue weighted by molar-refractivity contribution is 5.54. The molecule has 0 amide bonds. The van der Waals surface area contributed by atoms with Crippen LogP contribution in [0.3, 0.4) is 0 Å². The molecule has 0 spiro atoms. The molecule has 1 atom stereocenters. The molecular weight excluding hydrogens is 188 g/mol. The highest BCUT2D eigenvalue weighted by Crippen LogP contribution is 2.18. The van der Waals surface area contributed by atoms with Crippen LogP contribution in [-0.4, -0.2) is 15.1 Å². The Balaban J connectivity index is 2.32. The van der Waals surface area contributed by atoms with E-state index in [9.17, 15) is 5.11 Å². The topological polar surface area (TPSA) is 46.0 Å². The van der Waals surface area contributed by atoms with Crippen molar-refractivity contribution in [1.29, 1.82) is 0 Å². The number of nitrogens with zero attached hydrogens (tertiary/aromatic N) is 2. The summed E-state index contributed by atoms with van der Waals surface area (Å²) >= 11 is 0. The first kappa shape index (κ1) is 9.80. The van der Waals surface area contributed by atoms with Crippen LogP contribution >= 0.6 is 0 Å². The molecule has 1 N–H and O–H groups in total. The van der Waals surface area contributed by atoms with Crippen LogP contribution < -0.4 is 0 Å². The van der Waals surface area contributed by atoms with Crippen molar-refractivity contribution in [2.45, 2.75) is 13.0 Å². The molecular formula is C12H12N2O. The Bertz CT molecular complexity index is 423. The Labute approximate surface area is 88.5 Å². The Kier molecular flexibility index (Phi) is 2.74. The van der Waals surface area contributed by atoms with Gasteiger partial charge in [0.05, 0.1) is 6.10 Å². The minimum atomic E-state index is -0.434. The van der Waals surface area contributed by atoms with Gasteiger partial charge in [-0.1, -0.05) is 24.3 Å². The third kappa shape index (κ3) is 2.19. The molecule has 2 rings (SSSR count). The molecule has 15 heavy (non-hydrogen) atoms. The summed E-state index contributed by atoms with van der Waals surface area (Å²) in [6.45, 7) is 1.74. The Morgan fingerprint density at radius 2 is 1.67 bits per heavy atom. The van der Waals surface area contributed by atoms with E-state index in [1.807, 2.05) is 24.3 Å². The Morgan fingerprint density at radius 3 is 2.20 bits per heavy atom. The zero-order valence-electron chi connectivity index (χ0n) is 8.46. The fraction of sp³-hybridized carbons (Fsp3) is 0.167. The van der Waals surface area contributed by atoms with Gasteiger partial charge in [-0.2, -0.15) is 0 Å². The van der Waals surface area contributed by atoms with Crippen molar-refractivity contribution >= 4 is 0 Å². The summed E-state index contributed by atoms with van der Waals surface area (Å²) < 4.78 is 0. The summed E-state index contributed by atoms with van der Waals surface area (Å²) in [6, 6.07) is 9.38. The van der Waals surface area contributed by atoms with Gasteiger partial charge in [-0.15, -0.1) is 0 Å². The first-order valence-corrected chi connectivity index (χ1v) is 4.83. The lowest BCUT2D eigenvalue weighted by atomic mass is 10.1. The molecule has 2 aromatic rings. The second-order valence-electron chi connectivity index (χ2n) is 3.37. The summed E-state index contributed by atoms with van der Waals surface area (Å²) in [5.41, 5.74) is 1.86. The fourth-order valence-electron chi connectivity index (χ4n) is 1.36. The first-order chi connectivity index (χ1) is 7.27. The van der Waals surface area contributed by atoms with Gasteiger partial charge in [-0.3, -0.25) is 0 Å². The molecule has 0 aliphatic heterocycles. The van der Waals surface area contributed by atoms with E-state index in [1.165, 1.54) is 0 Å². The number of aromatic nitrogens is 2. The van der Waals surface area contributed by atoms with E-state index in [4.69, 9.17) is 0 Å². The summed E-state index contributed by atoms with van der Waals surface area (Å²) in [5.74, 6) is 0.703. The van der Waals surface area contributed by atoms with Gasteiger partial charge in [0.25, 0.3) is 0 Å². The minimum absolute atomic E-state index is 0.434. The Morgan fingerprint density at radius 1 is 1.07 bits per heavy atom. The van der Waals surface area contributed by atoms with Crippen molar-refractivity contribution < 1.29 is 5.11 Å². The number of aliphatic hydroxyl groups is 1. The molecule has 0 saturated carbocycles. The van der Waals surface area contributed by atoms with Gasteiger partial charge in [-0.25, -0.2) is 9.97 Å². The molecule has 1 unspecified atom stereocenters. The molecule has 0 aliphatic carbocycles. The van der Waals surface area contributed by atoms with Crippen LogP contribution in [0.4, 0.5) is 0 Å². The third-order valence-electron chi connectivity index (χ3n) is 2.22. The molecule has 0 bridgehead atoms. The van der Waals surface area contributed by atoms with Crippen LogP contribution in [0, 0.1) is 0 Å². The fourth-order valence-corrected chi connectivity index (χ4v) is 1.36. The quantitative estimate of drug-likeness (QED) is 0.808. The highest BCUT2D eigenvalue weighted by Gasteiger charge is 2.02. The first-order valence-electron chi connectivity index (χ1n) is 4.83. The van der Waals surface area contributed by atoms with Gasteiger partial charge in [-0.05, 0) is 18.6 Å². The maximum Gasteiger partial charge on any atom is 0.159 e. The van der Waals surface area contributed by atoms with Crippen LogP contribution in [0.25, 0.3) is 11.4 Å². The normalized spacial score (nSPS) is 12.4. The number of aliphatic hydroxyl groups excluding tert-OH is 1. The smallest absolute Gasteiger partial charge is 0.159 e. The Hall–Kier alpha value is -1.74. The van der Waals surface area contributed by atoms with E-state index >= 15 is 0 Å². The summed E-state index contributed by atoms with van der Waals surface area (Å²) in [4.78, 5) is 8.30. The van der Waals surface area contributed by atoms with Crippen molar-refractivity contribution in [2.75, 3.05) is 0 Å². The predicted molar refractivity (Wildman–Crippen MR) is 58.1 cm³/mol. The molecule has 0 saturated heterocycles. The third-order valence-corrected chi connectivity index (χ3v) is 2.22. The minimum Gasteiger partial charge on any atom is -0.389 e. The number of rotatable bonds is 2. The number of hydrogen-bond acceptors (Lipinski definition) is 3. The van der Waals surface area contributed by atoms with Crippen LogP contribution in [0.5, 0.6) is 0 Å². The highest BCUT2D eigenvalue weighted by atomic mass is 16.3. The average molecular weight is 200 g/mol. The summed E-state index contributed by atoms with van der Waals surface area (Å²) in [5, 5.41) is 9.35. The van der Waals surface area contributed by atoms with Gasteiger partial charge >= 0.3 is 0 Å². The van der Waals surface area contributed by atoms with Crippen LogP contribution in [0.2, 0.25) is 0 Å². The summed E-state index contributed by atoms with van der Waals surface area (Å²) in [6.07, 6.45) is 2.99. The molecule has 76 valence electrons. The monoisotopic (exact) mass is 200 g/mol. The lowest BCUT2D eigenvalue weighted by molar-refractivity contribution is 0.199. The number of benzene rings is 1. The van der Waals surface area contributed by atoms with Crippen molar-refractivity contribution in [1.82, 2.24) is 9.97 Å². The van der Waals surface area contributed by atoms with Gasteiger partial charge in [0, 0.05) is 18.0 Å². The zero-order valence-corrected chi connectivity index (χ0v) is 8.46. The molecule has 0 aliphatic rings. The second-order valence-corrected chi connectivity index (χ2v) is 3.37. The van der Waals surface area contributed by atoms with E-state index in [2.05, 4.69) is 9.97 Å². The maximum absolute atomic E-state index is 9.35. The molecule has 1 aromatic heterocycles. The average Bonchev–Trinajstić information content (AvgIpc) is 2.30. The van der Waals surface area contributed by atoms with E-state index in [-0.39, 0.29) is 0 Å². The van der Waals surface area contributed by atoms with Gasteiger partial charge in [0.2, 0.25) is 0 Å². The lowest BCUT2D eigenvalue weighted by Gasteiger charge is -2.05. The maximum atomic E-state index is 9.35. The predicted octanol–water partition coefficient (Wildman–Crippen LogP) is 2.20. The lowest BCUT2D eigenvalue weighted by Crippen LogP contribution is -1.91. The van der Waals surface area contributed by atoms with Crippen LogP contribution in [0.1, 0.15) is 18.6 Å². The van der Waals surface area contributed by atoms with Crippen molar-refractivity contribution in [2.24, 2.45) is 0 Å². The van der Waals surface area contributed by atoms with Crippen molar-refractivity contribution in [3.05, 3.63) is 48.3 Å². The SMILES string of the molecule is CC(O)c1ccc(-c2ncccn2)cc1. The van der Waals surface area contributed by atoms with Crippen LogP contribution in [0.15, 0.2) is 42.7 Å². The van der Waals surface area contributed by atoms with E-state index < -0.39 is 6.10 Å². The zero-order chi connectivity index (χ0) is 10.7. The van der Waals surface area contributed by atoms with Crippen molar-refractivity contribution in [3.8, 4) is 11.4 Å². The molecule has 3 nitrogen and oxygen atoms in total. The standard InChI is InChI=1S/C12H12N2O/c1-9(15)10-3-5-11(6-4-10)12-13-7-2-8-14-12/h2-9,15H,1H3. The van der Waals surface area contributed by atoms with Gasteiger partial charge < -0.3 is 5.11 Å². The molecule has 3 heteroatoms. The molecule has 1 heterocycles. The van der Waals surface area contributed by atoms with Gasteiger partial charge in [0.15, 0.2) is 5.82 Å². The molecule has 0 radical (unpaired) electrons. The largest absolute Gasteiger partial charge is 0.389 e.